The topological polar surface area (TPSA) is 40.9 Å². The number of ketones is 1. The zero-order valence-electron chi connectivity index (χ0n) is 6.70. The van der Waals surface area contributed by atoms with Crippen LogP contribution < -0.4 is 0 Å². The maximum Gasteiger partial charge on any atom is 0.255 e. The summed E-state index contributed by atoms with van der Waals surface area (Å²) in [6.07, 6.45) is 2.80. The molecule has 0 amide bonds. The summed E-state index contributed by atoms with van der Waals surface area (Å²) in [5.41, 5.74) is 0.841. The first-order valence-electron chi connectivity index (χ1n) is 3.60. The fourth-order valence-electron chi connectivity index (χ4n) is 0.783. The molecule has 0 bridgehead atoms. The molecule has 0 aliphatic heterocycles. The molecule has 0 fully saturated rings. The van der Waals surface area contributed by atoms with E-state index in [1.807, 2.05) is 0 Å². The highest BCUT2D eigenvalue weighted by atomic mass is 35.5. The summed E-state index contributed by atoms with van der Waals surface area (Å²) >= 11 is 5.66. The number of rotatable bonds is 2. The predicted molar refractivity (Wildman–Crippen MR) is 51.1 cm³/mol. The normalized spacial score (nSPS) is 9.85. The maximum atomic E-state index is 10.6. The zero-order valence-corrected chi connectivity index (χ0v) is 7.45. The molecule has 0 aromatic heterocycles. The van der Waals surface area contributed by atoms with Gasteiger partial charge in [0.15, 0.2) is 0 Å². The Kier molecular flexibility index (Phi) is 3.24. The Balaban J connectivity index is 2.76. The molecule has 0 N–H and O–H groups in total. The number of nitriles is 1. The third kappa shape index (κ3) is 3.10. The molecule has 64 valence electrons. The van der Waals surface area contributed by atoms with Crippen molar-refractivity contribution in [2.24, 2.45) is 0 Å². The Bertz CT molecular complexity index is 373. The Morgan fingerprint density at radius 3 is 2.54 bits per heavy atom. The van der Waals surface area contributed by atoms with Crippen LogP contribution in [0.15, 0.2) is 30.3 Å². The fraction of sp³-hybridized carbons (Fsp3) is 0. The molecule has 0 radical (unpaired) electrons. The molecule has 0 saturated heterocycles. The van der Waals surface area contributed by atoms with Crippen LogP contribution >= 0.6 is 11.6 Å². The van der Waals surface area contributed by atoms with Gasteiger partial charge in [-0.1, -0.05) is 29.8 Å². The average molecular weight is 192 g/mol. The molecule has 2 nitrogen and oxygen atoms in total. The van der Waals surface area contributed by atoms with Crippen molar-refractivity contribution >= 4 is 23.5 Å². The van der Waals surface area contributed by atoms with Crippen LogP contribution in [0.3, 0.4) is 0 Å². The SMILES string of the molecule is N#CC(=O)C=Cc1ccc(Cl)cc1. The summed E-state index contributed by atoms with van der Waals surface area (Å²) in [7, 11) is 0. The lowest BCUT2D eigenvalue weighted by atomic mass is 10.2. The summed E-state index contributed by atoms with van der Waals surface area (Å²) in [6, 6.07) is 8.47. The van der Waals surface area contributed by atoms with Gasteiger partial charge in [0, 0.05) is 5.02 Å². The number of hydrogen-bond donors (Lipinski definition) is 0. The number of nitrogens with zero attached hydrogens (tertiary/aromatic N) is 1. The second kappa shape index (κ2) is 4.44. The predicted octanol–water partition coefficient (Wildman–Crippen LogP) is 2.45. The lowest BCUT2D eigenvalue weighted by Crippen LogP contribution is -1.83. The summed E-state index contributed by atoms with van der Waals surface area (Å²) < 4.78 is 0. The van der Waals surface area contributed by atoms with Crippen LogP contribution in [0.1, 0.15) is 5.56 Å². The molecule has 3 heteroatoms. The number of carbonyl (C=O) groups is 1. The summed E-state index contributed by atoms with van der Waals surface area (Å²) in [5, 5.41) is 8.83. The van der Waals surface area contributed by atoms with E-state index in [0.717, 1.165) is 5.56 Å². The van der Waals surface area contributed by atoms with Crippen LogP contribution in [0, 0.1) is 11.3 Å². The van der Waals surface area contributed by atoms with E-state index in [4.69, 9.17) is 16.9 Å². The van der Waals surface area contributed by atoms with Gasteiger partial charge in [0.2, 0.25) is 0 Å². The average Bonchev–Trinajstić information content (AvgIpc) is 2.16. The van der Waals surface area contributed by atoms with Crippen molar-refractivity contribution in [3.63, 3.8) is 0 Å². The third-order valence-electron chi connectivity index (χ3n) is 1.41. The van der Waals surface area contributed by atoms with E-state index >= 15 is 0 Å². The minimum absolute atomic E-state index is 0.560. The van der Waals surface area contributed by atoms with Gasteiger partial charge in [-0.25, -0.2) is 0 Å². The lowest BCUT2D eigenvalue weighted by molar-refractivity contribution is -0.109. The molecule has 13 heavy (non-hydrogen) atoms. The molecule has 0 unspecified atom stereocenters. The van der Waals surface area contributed by atoms with E-state index in [-0.39, 0.29) is 0 Å². The van der Waals surface area contributed by atoms with Crippen LogP contribution in [0.4, 0.5) is 0 Å². The Morgan fingerprint density at radius 2 is 2.00 bits per heavy atom. The second-order valence-corrected chi connectivity index (χ2v) is 2.80. The number of hydrogen-bond acceptors (Lipinski definition) is 2. The molecule has 1 rings (SSSR count). The molecular weight excluding hydrogens is 186 g/mol. The molecule has 1 aromatic carbocycles. The van der Waals surface area contributed by atoms with Crippen LogP contribution in [0.5, 0.6) is 0 Å². The zero-order chi connectivity index (χ0) is 9.68. The molecule has 0 atom stereocenters. The van der Waals surface area contributed by atoms with Crippen molar-refractivity contribution in [2.45, 2.75) is 0 Å². The van der Waals surface area contributed by atoms with Crippen molar-refractivity contribution in [1.29, 1.82) is 5.26 Å². The summed E-state index contributed by atoms with van der Waals surface area (Å²) in [5.74, 6) is -0.560. The van der Waals surface area contributed by atoms with Gasteiger partial charge in [0.1, 0.15) is 6.07 Å². The van der Waals surface area contributed by atoms with E-state index in [1.54, 1.807) is 30.3 Å². The minimum Gasteiger partial charge on any atom is -0.278 e. The Labute approximate surface area is 81.1 Å². The number of allylic oxidation sites excluding steroid dienone is 1. The van der Waals surface area contributed by atoms with Gasteiger partial charge < -0.3 is 0 Å². The highest BCUT2D eigenvalue weighted by Crippen LogP contribution is 2.10. The van der Waals surface area contributed by atoms with Gasteiger partial charge >= 0.3 is 0 Å². The van der Waals surface area contributed by atoms with E-state index in [2.05, 4.69) is 0 Å². The van der Waals surface area contributed by atoms with Crippen LogP contribution in [0.25, 0.3) is 6.08 Å². The molecule has 0 heterocycles. The highest BCUT2D eigenvalue weighted by molar-refractivity contribution is 6.30. The first-order valence-corrected chi connectivity index (χ1v) is 3.98. The summed E-state index contributed by atoms with van der Waals surface area (Å²) in [4.78, 5) is 10.6. The standard InChI is InChI=1S/C10H6ClNO/c11-9-4-1-8(2-5-9)3-6-10(13)7-12/h1-6H. The molecule has 1 aromatic rings. The molecular formula is C10H6ClNO. The fourth-order valence-corrected chi connectivity index (χ4v) is 0.909. The van der Waals surface area contributed by atoms with Gasteiger partial charge in [0.05, 0.1) is 0 Å². The van der Waals surface area contributed by atoms with Gasteiger partial charge in [0.25, 0.3) is 5.78 Å². The van der Waals surface area contributed by atoms with Gasteiger partial charge in [-0.3, -0.25) is 4.79 Å². The van der Waals surface area contributed by atoms with E-state index in [1.165, 1.54) is 12.1 Å². The number of carbonyl (C=O) groups excluding carboxylic acids is 1. The molecule has 0 spiro atoms. The molecule has 0 saturated carbocycles. The van der Waals surface area contributed by atoms with E-state index < -0.39 is 5.78 Å². The van der Waals surface area contributed by atoms with Crippen molar-refractivity contribution in [1.82, 2.24) is 0 Å². The van der Waals surface area contributed by atoms with Crippen LogP contribution in [-0.4, -0.2) is 5.78 Å². The third-order valence-corrected chi connectivity index (χ3v) is 1.66. The van der Waals surface area contributed by atoms with Crippen molar-refractivity contribution in [3.05, 3.63) is 40.9 Å². The van der Waals surface area contributed by atoms with Crippen LogP contribution in [-0.2, 0) is 4.79 Å². The second-order valence-electron chi connectivity index (χ2n) is 2.36. The van der Waals surface area contributed by atoms with Crippen LogP contribution in [0.2, 0.25) is 5.02 Å². The minimum atomic E-state index is -0.560. The summed E-state index contributed by atoms with van der Waals surface area (Å²) in [6.45, 7) is 0. The maximum absolute atomic E-state index is 10.6. The molecule has 0 aliphatic rings. The molecule has 0 aliphatic carbocycles. The number of benzene rings is 1. The lowest BCUT2D eigenvalue weighted by Gasteiger charge is -1.91. The van der Waals surface area contributed by atoms with Gasteiger partial charge in [-0.05, 0) is 23.8 Å². The van der Waals surface area contributed by atoms with Crippen molar-refractivity contribution in [2.75, 3.05) is 0 Å². The first kappa shape index (κ1) is 9.50. The van der Waals surface area contributed by atoms with E-state index in [9.17, 15) is 4.79 Å². The van der Waals surface area contributed by atoms with Crippen molar-refractivity contribution in [3.8, 4) is 6.07 Å². The van der Waals surface area contributed by atoms with Crippen molar-refractivity contribution < 1.29 is 4.79 Å². The monoisotopic (exact) mass is 191 g/mol. The number of halogens is 1. The van der Waals surface area contributed by atoms with Gasteiger partial charge in [-0.15, -0.1) is 0 Å². The quantitative estimate of drug-likeness (QED) is 0.532. The highest BCUT2D eigenvalue weighted by Gasteiger charge is 1.91. The Hall–Kier alpha value is -1.59. The Morgan fingerprint density at radius 1 is 1.38 bits per heavy atom. The van der Waals surface area contributed by atoms with E-state index in [0.29, 0.717) is 5.02 Å². The van der Waals surface area contributed by atoms with Gasteiger partial charge in [-0.2, -0.15) is 5.26 Å². The largest absolute Gasteiger partial charge is 0.278 e. The smallest absolute Gasteiger partial charge is 0.255 e. The first-order chi connectivity index (χ1) is 6.22.